The maximum absolute atomic E-state index is 14.1. The second-order valence-corrected chi connectivity index (χ2v) is 7.13. The number of halogens is 1. The molecule has 1 atom stereocenters. The van der Waals surface area contributed by atoms with Crippen molar-refractivity contribution in [1.29, 1.82) is 0 Å². The topological polar surface area (TPSA) is 70.7 Å². The highest BCUT2D eigenvalue weighted by atomic mass is 19.1. The number of fused-ring (bicyclic) bond motifs is 1. The number of benzene rings is 2. The zero-order valence-corrected chi connectivity index (χ0v) is 16.7. The molecule has 2 aromatic carbocycles. The molecule has 0 fully saturated rings. The van der Waals surface area contributed by atoms with Gasteiger partial charge in [-0.25, -0.2) is 9.18 Å². The molecule has 0 saturated heterocycles. The number of nitrogens with zero attached hydrogens (tertiary/aromatic N) is 1. The van der Waals surface area contributed by atoms with Crippen molar-refractivity contribution >= 4 is 11.9 Å². The molecular formula is C22H26FN3O3. The SMILES string of the molecule is CCC(C)NC(=O)c1cccc(CNC(=O)N2CCOc3cccc(F)c3C2)c1. The van der Waals surface area contributed by atoms with Gasteiger partial charge in [0.05, 0.1) is 13.1 Å². The largest absolute Gasteiger partial charge is 0.491 e. The van der Waals surface area contributed by atoms with E-state index in [9.17, 15) is 14.0 Å². The molecule has 154 valence electrons. The maximum Gasteiger partial charge on any atom is 0.318 e. The lowest BCUT2D eigenvalue weighted by Crippen LogP contribution is -2.40. The Hall–Kier alpha value is -3.09. The molecule has 0 saturated carbocycles. The van der Waals surface area contributed by atoms with E-state index in [1.165, 1.54) is 11.0 Å². The van der Waals surface area contributed by atoms with Gasteiger partial charge in [0.1, 0.15) is 18.2 Å². The van der Waals surface area contributed by atoms with Crippen molar-refractivity contribution in [2.24, 2.45) is 0 Å². The van der Waals surface area contributed by atoms with Crippen LogP contribution in [0.3, 0.4) is 0 Å². The monoisotopic (exact) mass is 399 g/mol. The highest BCUT2D eigenvalue weighted by Crippen LogP contribution is 2.25. The fraction of sp³-hybridized carbons (Fsp3) is 0.364. The summed E-state index contributed by atoms with van der Waals surface area (Å²) in [5.74, 6) is -0.0492. The van der Waals surface area contributed by atoms with Crippen LogP contribution >= 0.6 is 0 Å². The Morgan fingerprint density at radius 1 is 1.24 bits per heavy atom. The Balaban J connectivity index is 1.61. The number of carbonyl (C=O) groups is 2. The number of urea groups is 1. The summed E-state index contributed by atoms with van der Waals surface area (Å²) in [6.07, 6.45) is 0.852. The van der Waals surface area contributed by atoms with E-state index >= 15 is 0 Å². The predicted molar refractivity (Wildman–Crippen MR) is 108 cm³/mol. The van der Waals surface area contributed by atoms with E-state index in [4.69, 9.17) is 4.74 Å². The normalized spacial score (nSPS) is 14.2. The van der Waals surface area contributed by atoms with Crippen molar-refractivity contribution < 1.29 is 18.7 Å². The minimum Gasteiger partial charge on any atom is -0.491 e. The summed E-state index contributed by atoms with van der Waals surface area (Å²) in [5.41, 5.74) is 1.74. The third-order valence-electron chi connectivity index (χ3n) is 4.95. The van der Waals surface area contributed by atoms with E-state index in [2.05, 4.69) is 10.6 Å². The molecule has 0 aliphatic carbocycles. The maximum atomic E-state index is 14.1. The number of hydrogen-bond donors (Lipinski definition) is 2. The van der Waals surface area contributed by atoms with E-state index in [0.717, 1.165) is 12.0 Å². The zero-order valence-electron chi connectivity index (χ0n) is 16.7. The molecule has 1 aliphatic heterocycles. The van der Waals surface area contributed by atoms with Crippen molar-refractivity contribution in [3.8, 4) is 5.75 Å². The van der Waals surface area contributed by atoms with E-state index in [0.29, 0.717) is 30.0 Å². The summed E-state index contributed by atoms with van der Waals surface area (Å²) < 4.78 is 19.6. The summed E-state index contributed by atoms with van der Waals surface area (Å²) >= 11 is 0. The van der Waals surface area contributed by atoms with Crippen LogP contribution in [-0.4, -0.2) is 36.0 Å². The molecule has 0 radical (unpaired) electrons. The zero-order chi connectivity index (χ0) is 20.8. The molecule has 2 N–H and O–H groups in total. The van der Waals surface area contributed by atoms with Gasteiger partial charge in [-0.2, -0.15) is 0 Å². The lowest BCUT2D eigenvalue weighted by Gasteiger charge is -2.20. The van der Waals surface area contributed by atoms with Gasteiger partial charge in [0, 0.05) is 23.7 Å². The van der Waals surface area contributed by atoms with Crippen LogP contribution in [0.2, 0.25) is 0 Å². The summed E-state index contributed by atoms with van der Waals surface area (Å²) in [4.78, 5) is 26.4. The van der Waals surface area contributed by atoms with Gasteiger partial charge in [0.2, 0.25) is 0 Å². The molecule has 1 aliphatic rings. The van der Waals surface area contributed by atoms with Crippen molar-refractivity contribution in [3.63, 3.8) is 0 Å². The van der Waals surface area contributed by atoms with E-state index < -0.39 is 0 Å². The molecule has 2 aromatic rings. The Morgan fingerprint density at radius 3 is 2.83 bits per heavy atom. The van der Waals surface area contributed by atoms with Gasteiger partial charge in [-0.3, -0.25) is 4.79 Å². The number of ether oxygens (including phenoxy) is 1. The average Bonchev–Trinajstić information content (AvgIpc) is 2.96. The summed E-state index contributed by atoms with van der Waals surface area (Å²) in [6, 6.07) is 11.6. The Morgan fingerprint density at radius 2 is 2.03 bits per heavy atom. The Kier molecular flexibility index (Phi) is 6.69. The van der Waals surface area contributed by atoms with Gasteiger partial charge in [0.15, 0.2) is 0 Å². The molecule has 3 amide bonds. The van der Waals surface area contributed by atoms with Crippen molar-refractivity contribution in [2.75, 3.05) is 13.2 Å². The second kappa shape index (κ2) is 9.41. The van der Waals surface area contributed by atoms with Gasteiger partial charge in [-0.15, -0.1) is 0 Å². The Labute approximate surface area is 170 Å². The highest BCUT2D eigenvalue weighted by Gasteiger charge is 2.22. The first-order chi connectivity index (χ1) is 14.0. The summed E-state index contributed by atoms with van der Waals surface area (Å²) in [5, 5.41) is 5.77. The van der Waals surface area contributed by atoms with E-state index in [1.54, 1.807) is 30.3 Å². The third-order valence-corrected chi connectivity index (χ3v) is 4.95. The van der Waals surface area contributed by atoms with Crippen LogP contribution in [0, 0.1) is 5.82 Å². The van der Waals surface area contributed by atoms with E-state index in [-0.39, 0.29) is 36.9 Å². The first kappa shape index (κ1) is 20.6. The Bertz CT molecular complexity index is 887. The lowest BCUT2D eigenvalue weighted by atomic mass is 10.1. The molecule has 3 rings (SSSR count). The first-order valence-corrected chi connectivity index (χ1v) is 9.80. The van der Waals surface area contributed by atoms with Crippen LogP contribution in [0.1, 0.15) is 41.8 Å². The number of carbonyl (C=O) groups excluding carboxylic acids is 2. The summed E-state index contributed by atoms with van der Waals surface area (Å²) in [7, 11) is 0. The minimum atomic E-state index is -0.387. The molecule has 29 heavy (non-hydrogen) atoms. The van der Waals surface area contributed by atoms with Gasteiger partial charge >= 0.3 is 6.03 Å². The lowest BCUT2D eigenvalue weighted by molar-refractivity contribution is 0.0939. The molecule has 0 bridgehead atoms. The quantitative estimate of drug-likeness (QED) is 0.809. The first-order valence-electron chi connectivity index (χ1n) is 9.80. The number of rotatable bonds is 5. The van der Waals surface area contributed by atoms with Crippen LogP contribution < -0.4 is 15.4 Å². The highest BCUT2D eigenvalue weighted by molar-refractivity contribution is 5.94. The van der Waals surface area contributed by atoms with Crippen LogP contribution in [0.4, 0.5) is 9.18 Å². The molecule has 0 aromatic heterocycles. The molecule has 1 unspecified atom stereocenters. The molecule has 0 spiro atoms. The minimum absolute atomic E-state index is 0.0967. The molecule has 1 heterocycles. The van der Waals surface area contributed by atoms with Crippen LogP contribution in [0.5, 0.6) is 5.75 Å². The van der Waals surface area contributed by atoms with Crippen LogP contribution in [-0.2, 0) is 13.1 Å². The van der Waals surface area contributed by atoms with Crippen molar-refractivity contribution in [1.82, 2.24) is 15.5 Å². The fourth-order valence-corrected chi connectivity index (χ4v) is 3.06. The van der Waals surface area contributed by atoms with E-state index in [1.807, 2.05) is 19.9 Å². The van der Waals surface area contributed by atoms with Gasteiger partial charge in [-0.1, -0.05) is 25.1 Å². The van der Waals surface area contributed by atoms with Crippen molar-refractivity contribution in [3.05, 3.63) is 65.0 Å². The predicted octanol–water partition coefficient (Wildman–Crippen LogP) is 3.46. The van der Waals surface area contributed by atoms with Crippen LogP contribution in [0.25, 0.3) is 0 Å². The second-order valence-electron chi connectivity index (χ2n) is 7.13. The third kappa shape index (κ3) is 5.25. The van der Waals surface area contributed by atoms with Crippen LogP contribution in [0.15, 0.2) is 42.5 Å². The number of nitrogens with one attached hydrogen (secondary N) is 2. The average molecular weight is 399 g/mol. The molecule has 7 heteroatoms. The molecule has 6 nitrogen and oxygen atoms in total. The van der Waals surface area contributed by atoms with Gasteiger partial charge in [-0.05, 0) is 43.2 Å². The number of hydrogen-bond acceptors (Lipinski definition) is 3. The fourth-order valence-electron chi connectivity index (χ4n) is 3.06. The van der Waals surface area contributed by atoms with Gasteiger partial charge in [0.25, 0.3) is 5.91 Å². The van der Waals surface area contributed by atoms with Gasteiger partial charge < -0.3 is 20.3 Å². The standard InChI is InChI=1S/C22H26FN3O3/c1-3-15(2)25-21(27)17-7-4-6-16(12-17)13-24-22(28)26-10-11-29-20-9-5-8-19(23)18(20)14-26/h4-9,12,15H,3,10-11,13-14H2,1-2H3,(H,24,28)(H,25,27). The number of amides is 3. The van der Waals surface area contributed by atoms with Crippen molar-refractivity contribution in [2.45, 2.75) is 39.4 Å². The summed E-state index contributed by atoms with van der Waals surface area (Å²) in [6.45, 7) is 5.03. The molecular weight excluding hydrogens is 373 g/mol. The smallest absolute Gasteiger partial charge is 0.318 e.